The Morgan fingerprint density at radius 3 is 2.58 bits per heavy atom. The van der Waals surface area contributed by atoms with Crippen molar-refractivity contribution in [1.82, 2.24) is 0 Å². The predicted octanol–water partition coefficient (Wildman–Crippen LogP) is 3.64. The number of para-hydroxylation sites is 1. The van der Waals surface area contributed by atoms with Crippen molar-refractivity contribution in [1.29, 1.82) is 0 Å². The fourth-order valence-corrected chi connectivity index (χ4v) is 2.56. The summed E-state index contributed by atoms with van der Waals surface area (Å²) in [6, 6.07) is 13.3. The summed E-state index contributed by atoms with van der Waals surface area (Å²) in [4.78, 5) is 14.1. The average molecular weight is 355 g/mol. The van der Waals surface area contributed by atoms with Crippen molar-refractivity contribution in [3.63, 3.8) is 0 Å². The van der Waals surface area contributed by atoms with Gasteiger partial charge in [-0.2, -0.15) is 13.9 Å². The minimum Gasteiger partial charge on any atom is -0.435 e. The zero-order valence-electron chi connectivity index (χ0n) is 13.7. The van der Waals surface area contributed by atoms with E-state index in [2.05, 4.69) is 21.5 Å². The lowest BCUT2D eigenvalue weighted by atomic mass is 10.1. The van der Waals surface area contributed by atoms with E-state index in [1.165, 1.54) is 18.3 Å². The van der Waals surface area contributed by atoms with Gasteiger partial charge in [0.15, 0.2) is 5.71 Å². The Kier molecular flexibility index (Phi) is 5.17. The molecule has 0 aliphatic carbocycles. The third-order valence-corrected chi connectivity index (χ3v) is 3.68. The molecular formula is C19H15F2N3O2. The van der Waals surface area contributed by atoms with Crippen LogP contribution in [-0.4, -0.2) is 31.0 Å². The molecule has 2 aromatic carbocycles. The van der Waals surface area contributed by atoms with Gasteiger partial charge in [0.1, 0.15) is 5.75 Å². The van der Waals surface area contributed by atoms with E-state index in [9.17, 15) is 13.6 Å². The molecule has 0 fully saturated rings. The summed E-state index contributed by atoms with van der Waals surface area (Å²) in [5, 5.41) is 8.01. The standard InChI is InChI=1S/C19H15F2N3O2/c1-2-11-24-16-6-4-3-5-15(16)17(18(24)25)23-22-12-13-7-9-14(10-8-13)26-19(20)21/h2-10,12,19H,1,11H2. The average Bonchev–Trinajstić information content (AvgIpc) is 2.89. The fourth-order valence-electron chi connectivity index (χ4n) is 2.56. The number of amides is 1. The van der Waals surface area contributed by atoms with Gasteiger partial charge in [-0.3, -0.25) is 4.79 Å². The first-order valence-corrected chi connectivity index (χ1v) is 7.78. The van der Waals surface area contributed by atoms with E-state index in [4.69, 9.17) is 0 Å². The van der Waals surface area contributed by atoms with Crippen LogP contribution in [0.4, 0.5) is 14.5 Å². The highest BCUT2D eigenvalue weighted by Crippen LogP contribution is 2.29. The Bertz CT molecular complexity index is 877. The van der Waals surface area contributed by atoms with Gasteiger partial charge in [-0.15, -0.1) is 11.7 Å². The molecule has 132 valence electrons. The molecule has 7 heteroatoms. The maximum Gasteiger partial charge on any atom is 0.387 e. The van der Waals surface area contributed by atoms with Gasteiger partial charge in [-0.05, 0) is 35.9 Å². The number of carbonyl (C=O) groups excluding carboxylic acids is 1. The summed E-state index contributed by atoms with van der Waals surface area (Å²) in [6.07, 6.45) is 3.08. The van der Waals surface area contributed by atoms with Gasteiger partial charge < -0.3 is 9.64 Å². The van der Waals surface area contributed by atoms with Crippen LogP contribution < -0.4 is 9.64 Å². The first-order valence-electron chi connectivity index (χ1n) is 7.78. The lowest BCUT2D eigenvalue weighted by Crippen LogP contribution is -2.30. The number of hydrogen-bond donors (Lipinski definition) is 0. The second kappa shape index (κ2) is 7.69. The summed E-state index contributed by atoms with van der Waals surface area (Å²) >= 11 is 0. The third kappa shape index (κ3) is 3.66. The molecule has 26 heavy (non-hydrogen) atoms. The van der Waals surface area contributed by atoms with Crippen LogP contribution in [0.3, 0.4) is 0 Å². The number of nitrogens with zero attached hydrogens (tertiary/aromatic N) is 3. The molecule has 0 bridgehead atoms. The van der Waals surface area contributed by atoms with Crippen LogP contribution in [0, 0.1) is 0 Å². The molecule has 1 amide bonds. The first kappa shape index (κ1) is 17.5. The number of anilines is 1. The number of hydrogen-bond acceptors (Lipinski definition) is 4. The van der Waals surface area contributed by atoms with Crippen molar-refractivity contribution >= 4 is 23.5 Å². The molecule has 0 N–H and O–H groups in total. The maximum atomic E-state index is 12.5. The van der Waals surface area contributed by atoms with E-state index in [0.29, 0.717) is 17.7 Å². The quantitative estimate of drug-likeness (QED) is 0.451. The lowest BCUT2D eigenvalue weighted by molar-refractivity contribution is -0.112. The number of rotatable bonds is 6. The van der Waals surface area contributed by atoms with E-state index < -0.39 is 6.61 Å². The van der Waals surface area contributed by atoms with Crippen molar-refractivity contribution in [2.45, 2.75) is 6.61 Å². The van der Waals surface area contributed by atoms with Gasteiger partial charge in [0, 0.05) is 12.1 Å². The first-order chi connectivity index (χ1) is 12.6. The molecule has 5 nitrogen and oxygen atoms in total. The van der Waals surface area contributed by atoms with Crippen LogP contribution in [0.5, 0.6) is 5.75 Å². The molecule has 1 heterocycles. The minimum atomic E-state index is -2.87. The van der Waals surface area contributed by atoms with Crippen LogP contribution in [0.15, 0.2) is 71.4 Å². The summed E-state index contributed by atoms with van der Waals surface area (Å²) in [5.74, 6) is -0.188. The molecule has 0 unspecified atom stereocenters. The van der Waals surface area contributed by atoms with Crippen LogP contribution in [0.2, 0.25) is 0 Å². The number of ether oxygens (including phenoxy) is 1. The van der Waals surface area contributed by atoms with E-state index in [-0.39, 0.29) is 17.4 Å². The zero-order valence-corrected chi connectivity index (χ0v) is 13.7. The highest BCUT2D eigenvalue weighted by molar-refractivity contribution is 6.54. The van der Waals surface area contributed by atoms with Crippen molar-refractivity contribution in [2.24, 2.45) is 10.2 Å². The van der Waals surface area contributed by atoms with Crippen LogP contribution in [0.25, 0.3) is 0 Å². The van der Waals surface area contributed by atoms with E-state index >= 15 is 0 Å². The fraction of sp³-hybridized carbons (Fsp3) is 0.105. The van der Waals surface area contributed by atoms with Crippen molar-refractivity contribution in [3.05, 3.63) is 72.3 Å². The molecule has 0 atom stereocenters. The summed E-state index contributed by atoms with van der Waals surface area (Å²) < 4.78 is 28.5. The Morgan fingerprint density at radius 1 is 1.15 bits per heavy atom. The summed E-state index contributed by atoms with van der Waals surface area (Å²) in [5.41, 5.74) is 2.35. The second-order valence-corrected chi connectivity index (χ2v) is 5.36. The van der Waals surface area contributed by atoms with Gasteiger partial charge in [0.05, 0.1) is 11.9 Å². The Morgan fingerprint density at radius 2 is 1.88 bits per heavy atom. The largest absolute Gasteiger partial charge is 0.435 e. The zero-order chi connectivity index (χ0) is 18.5. The summed E-state index contributed by atoms with van der Waals surface area (Å²) in [6.45, 7) is 1.17. The maximum absolute atomic E-state index is 12.5. The molecule has 1 aliphatic rings. The Labute approximate surface area is 148 Å². The molecular weight excluding hydrogens is 340 g/mol. The van der Waals surface area contributed by atoms with Crippen molar-refractivity contribution in [2.75, 3.05) is 11.4 Å². The monoisotopic (exact) mass is 355 g/mol. The second-order valence-electron chi connectivity index (χ2n) is 5.36. The number of halogens is 2. The highest BCUT2D eigenvalue weighted by atomic mass is 19.3. The molecule has 3 rings (SSSR count). The third-order valence-electron chi connectivity index (χ3n) is 3.68. The summed E-state index contributed by atoms with van der Waals surface area (Å²) in [7, 11) is 0. The topological polar surface area (TPSA) is 54.3 Å². The molecule has 1 aliphatic heterocycles. The molecule has 0 saturated carbocycles. The lowest BCUT2D eigenvalue weighted by Gasteiger charge is -2.13. The van der Waals surface area contributed by atoms with E-state index in [0.717, 1.165) is 5.69 Å². The van der Waals surface area contributed by atoms with Crippen LogP contribution >= 0.6 is 0 Å². The van der Waals surface area contributed by atoms with E-state index in [1.807, 2.05) is 18.2 Å². The van der Waals surface area contributed by atoms with Gasteiger partial charge in [-0.25, -0.2) is 0 Å². The van der Waals surface area contributed by atoms with Crippen molar-refractivity contribution < 1.29 is 18.3 Å². The number of alkyl halides is 2. The van der Waals surface area contributed by atoms with E-state index in [1.54, 1.807) is 29.2 Å². The number of carbonyl (C=O) groups is 1. The molecule has 0 saturated heterocycles. The number of benzene rings is 2. The van der Waals surface area contributed by atoms with Gasteiger partial charge in [0.25, 0.3) is 5.91 Å². The van der Waals surface area contributed by atoms with Crippen molar-refractivity contribution in [3.8, 4) is 5.75 Å². The van der Waals surface area contributed by atoms with Gasteiger partial charge in [-0.1, -0.05) is 24.3 Å². The molecule has 2 aromatic rings. The molecule has 0 aromatic heterocycles. The minimum absolute atomic E-state index is 0.0587. The normalized spacial score (nSPS) is 15.1. The molecule has 0 spiro atoms. The smallest absolute Gasteiger partial charge is 0.387 e. The SMILES string of the molecule is C=CCN1C(=O)C(=NN=Cc2ccc(OC(F)F)cc2)c2ccccc21. The predicted molar refractivity (Wildman–Crippen MR) is 96.2 cm³/mol. The van der Waals surface area contributed by atoms with Gasteiger partial charge in [0.2, 0.25) is 0 Å². The Balaban J connectivity index is 1.80. The number of fused-ring (bicyclic) bond motifs is 1. The van der Waals surface area contributed by atoms with Crippen LogP contribution in [0.1, 0.15) is 11.1 Å². The van der Waals surface area contributed by atoms with Crippen LogP contribution in [-0.2, 0) is 4.79 Å². The highest BCUT2D eigenvalue weighted by Gasteiger charge is 2.32. The van der Waals surface area contributed by atoms with Gasteiger partial charge >= 0.3 is 6.61 Å². The molecule has 0 radical (unpaired) electrons. The Hall–Kier alpha value is -3.35.